The van der Waals surface area contributed by atoms with Gasteiger partial charge in [-0.1, -0.05) is 6.07 Å². The molecule has 0 aliphatic carbocycles. The molecule has 1 N–H and O–H groups in total. The van der Waals surface area contributed by atoms with E-state index in [1.54, 1.807) is 18.5 Å². The molecule has 0 atom stereocenters. The summed E-state index contributed by atoms with van der Waals surface area (Å²) in [5.41, 5.74) is 3.65. The van der Waals surface area contributed by atoms with Crippen LogP contribution in [0.25, 0.3) is 11.0 Å². The summed E-state index contributed by atoms with van der Waals surface area (Å²) in [6.07, 6.45) is 6.46. The third kappa shape index (κ3) is 5.12. The van der Waals surface area contributed by atoms with Gasteiger partial charge in [-0.3, -0.25) is 4.31 Å². The molecule has 1 aromatic carbocycles. The van der Waals surface area contributed by atoms with Crippen LogP contribution < -0.4 is 14.5 Å². The van der Waals surface area contributed by atoms with E-state index >= 15 is 0 Å². The molecule has 0 saturated carbocycles. The summed E-state index contributed by atoms with van der Waals surface area (Å²) in [5, 5.41) is 4.20. The van der Waals surface area contributed by atoms with E-state index in [0.29, 0.717) is 18.3 Å². The standard InChI is InChI=1S/C25H30N8O2S/c1-30-13-15-32(16-14-30)22-8-6-21(7-9-22)28-25-27-17-19-10-12-33(24(19)29-25)18-20-5-4-11-26-23(20)31(2)36(3,34)35/h4-12,17H,13-16,18H2,1-3H3,(H,27,28,29). The fourth-order valence-electron chi connectivity index (χ4n) is 4.29. The van der Waals surface area contributed by atoms with Crippen molar-refractivity contribution in [1.29, 1.82) is 0 Å². The lowest BCUT2D eigenvalue weighted by molar-refractivity contribution is 0.313. The Kier molecular flexibility index (Phi) is 6.50. The molecule has 3 aromatic heterocycles. The van der Waals surface area contributed by atoms with Crippen molar-refractivity contribution in [3.05, 3.63) is 66.6 Å². The maximum absolute atomic E-state index is 12.1. The van der Waals surface area contributed by atoms with Crippen molar-refractivity contribution in [2.45, 2.75) is 6.54 Å². The topological polar surface area (TPSA) is 99.5 Å². The second-order valence-electron chi connectivity index (χ2n) is 9.10. The number of piperazine rings is 1. The van der Waals surface area contributed by atoms with Gasteiger partial charge in [-0.15, -0.1) is 0 Å². The highest BCUT2D eigenvalue weighted by Crippen LogP contribution is 2.24. The quantitative estimate of drug-likeness (QED) is 0.409. The molecule has 5 rings (SSSR count). The Morgan fingerprint density at radius 3 is 2.50 bits per heavy atom. The molecule has 1 aliphatic rings. The summed E-state index contributed by atoms with van der Waals surface area (Å²) in [6.45, 7) is 4.61. The number of nitrogens with one attached hydrogen (secondary N) is 1. The van der Waals surface area contributed by atoms with Crippen molar-refractivity contribution in [2.24, 2.45) is 0 Å². The number of hydrogen-bond acceptors (Lipinski definition) is 8. The molecule has 1 fully saturated rings. The number of likely N-dealkylation sites (N-methyl/N-ethyl adjacent to an activating group) is 1. The van der Waals surface area contributed by atoms with Gasteiger partial charge in [-0.2, -0.15) is 4.98 Å². The zero-order valence-corrected chi connectivity index (χ0v) is 21.5. The average molecular weight is 507 g/mol. The van der Waals surface area contributed by atoms with Crippen molar-refractivity contribution < 1.29 is 8.42 Å². The fraction of sp³-hybridized carbons (Fsp3) is 0.320. The summed E-state index contributed by atoms with van der Waals surface area (Å²) in [7, 11) is 0.229. The van der Waals surface area contributed by atoms with Crippen LogP contribution in [0.1, 0.15) is 5.56 Å². The van der Waals surface area contributed by atoms with Crippen LogP contribution >= 0.6 is 0 Å². The predicted molar refractivity (Wildman–Crippen MR) is 144 cm³/mol. The second kappa shape index (κ2) is 9.75. The third-order valence-electron chi connectivity index (χ3n) is 6.50. The van der Waals surface area contributed by atoms with Crippen molar-refractivity contribution in [2.75, 3.05) is 61.1 Å². The smallest absolute Gasteiger partial charge is 0.233 e. The number of hydrogen-bond donors (Lipinski definition) is 1. The number of benzene rings is 1. The molecule has 1 aliphatic heterocycles. The summed E-state index contributed by atoms with van der Waals surface area (Å²) < 4.78 is 27.3. The SMILES string of the molecule is CN1CCN(c2ccc(Nc3ncc4ccn(Cc5cccnc5N(C)S(C)(=O)=O)c4n3)cc2)CC1. The van der Waals surface area contributed by atoms with Crippen molar-refractivity contribution in [3.8, 4) is 0 Å². The number of pyridine rings is 1. The van der Waals surface area contributed by atoms with Crippen LogP contribution in [0.15, 0.2) is 61.1 Å². The van der Waals surface area contributed by atoms with Crippen LogP contribution in [0, 0.1) is 0 Å². The Hall–Kier alpha value is -3.70. The maximum Gasteiger partial charge on any atom is 0.233 e. The van der Waals surface area contributed by atoms with Crippen LogP contribution in [-0.4, -0.2) is 79.4 Å². The van der Waals surface area contributed by atoms with Gasteiger partial charge in [0.2, 0.25) is 16.0 Å². The molecule has 11 heteroatoms. The van der Waals surface area contributed by atoms with Crippen LogP contribution in [-0.2, 0) is 16.6 Å². The Morgan fingerprint density at radius 1 is 1.03 bits per heavy atom. The monoisotopic (exact) mass is 506 g/mol. The summed E-state index contributed by atoms with van der Waals surface area (Å²) in [4.78, 5) is 18.3. The van der Waals surface area contributed by atoms with Gasteiger partial charge in [0.1, 0.15) is 11.5 Å². The van der Waals surface area contributed by atoms with Gasteiger partial charge in [-0.05, 0) is 43.4 Å². The first-order chi connectivity index (χ1) is 17.3. The van der Waals surface area contributed by atoms with E-state index in [1.807, 2.05) is 35.0 Å². The largest absolute Gasteiger partial charge is 0.369 e. The van der Waals surface area contributed by atoms with Crippen molar-refractivity contribution >= 4 is 44.2 Å². The summed E-state index contributed by atoms with van der Waals surface area (Å²) in [6, 6.07) is 14.0. The van der Waals surface area contributed by atoms with Gasteiger partial charge in [0.25, 0.3) is 0 Å². The lowest BCUT2D eigenvalue weighted by Crippen LogP contribution is -2.44. The van der Waals surface area contributed by atoms with Gasteiger partial charge in [-0.25, -0.2) is 18.4 Å². The predicted octanol–water partition coefficient (Wildman–Crippen LogP) is 2.77. The molecule has 1 saturated heterocycles. The highest BCUT2D eigenvalue weighted by Gasteiger charge is 2.18. The van der Waals surface area contributed by atoms with E-state index in [9.17, 15) is 8.42 Å². The van der Waals surface area contributed by atoms with E-state index in [1.165, 1.54) is 23.3 Å². The normalized spacial score (nSPS) is 14.8. The molecule has 188 valence electrons. The minimum atomic E-state index is -3.43. The molecule has 0 spiro atoms. The molecule has 0 radical (unpaired) electrons. The lowest BCUT2D eigenvalue weighted by Gasteiger charge is -2.34. The molecule has 10 nitrogen and oxygen atoms in total. The Bertz CT molecular complexity index is 1460. The first-order valence-electron chi connectivity index (χ1n) is 11.8. The molecular formula is C25H30N8O2S. The molecule has 4 aromatic rings. The number of rotatable bonds is 7. The van der Waals surface area contributed by atoms with Gasteiger partial charge >= 0.3 is 0 Å². The summed E-state index contributed by atoms with van der Waals surface area (Å²) >= 11 is 0. The molecule has 4 heterocycles. The number of fused-ring (bicyclic) bond motifs is 1. The third-order valence-corrected chi connectivity index (χ3v) is 7.67. The minimum absolute atomic E-state index is 0.398. The van der Waals surface area contributed by atoms with E-state index < -0.39 is 10.0 Å². The Balaban J connectivity index is 1.35. The Morgan fingerprint density at radius 2 is 1.78 bits per heavy atom. The van der Waals surface area contributed by atoms with Gasteiger partial charge in [0.15, 0.2) is 0 Å². The fourth-order valence-corrected chi connectivity index (χ4v) is 4.76. The Labute approximate surface area is 211 Å². The highest BCUT2D eigenvalue weighted by atomic mass is 32.2. The van der Waals surface area contributed by atoms with Gasteiger partial charge < -0.3 is 19.7 Å². The van der Waals surface area contributed by atoms with Crippen molar-refractivity contribution in [3.63, 3.8) is 0 Å². The van der Waals surface area contributed by atoms with Crippen LogP contribution in [0.5, 0.6) is 0 Å². The zero-order valence-electron chi connectivity index (χ0n) is 20.7. The van der Waals surface area contributed by atoms with Gasteiger partial charge in [0, 0.05) is 74.1 Å². The first kappa shape index (κ1) is 24.0. The summed E-state index contributed by atoms with van der Waals surface area (Å²) in [5.74, 6) is 0.893. The second-order valence-corrected chi connectivity index (χ2v) is 11.1. The van der Waals surface area contributed by atoms with Crippen LogP contribution in [0.3, 0.4) is 0 Å². The van der Waals surface area contributed by atoms with E-state index in [2.05, 4.69) is 44.3 Å². The zero-order chi connectivity index (χ0) is 25.3. The number of sulfonamides is 1. The number of anilines is 4. The first-order valence-corrected chi connectivity index (χ1v) is 13.6. The van der Waals surface area contributed by atoms with Crippen LogP contribution in [0.2, 0.25) is 0 Å². The van der Waals surface area contributed by atoms with Crippen molar-refractivity contribution in [1.82, 2.24) is 24.4 Å². The number of aromatic nitrogens is 4. The molecule has 0 unspecified atom stereocenters. The van der Waals surface area contributed by atoms with E-state index in [-0.39, 0.29) is 0 Å². The number of nitrogens with zero attached hydrogens (tertiary/aromatic N) is 7. The molecule has 36 heavy (non-hydrogen) atoms. The van der Waals surface area contributed by atoms with E-state index in [4.69, 9.17) is 4.98 Å². The van der Waals surface area contributed by atoms with E-state index in [0.717, 1.165) is 48.5 Å². The van der Waals surface area contributed by atoms with Gasteiger partial charge in [0.05, 0.1) is 12.8 Å². The highest BCUT2D eigenvalue weighted by molar-refractivity contribution is 7.92. The molecule has 0 bridgehead atoms. The van der Waals surface area contributed by atoms with Crippen LogP contribution in [0.4, 0.5) is 23.1 Å². The molecule has 0 amide bonds. The maximum atomic E-state index is 12.1. The minimum Gasteiger partial charge on any atom is -0.369 e. The lowest BCUT2D eigenvalue weighted by atomic mass is 10.2. The average Bonchev–Trinajstić information content (AvgIpc) is 3.26. The molecular weight excluding hydrogens is 476 g/mol.